The molecule has 2 rings (SSSR count). The number of aryl methyl sites for hydroxylation is 1. The summed E-state index contributed by atoms with van der Waals surface area (Å²) in [5.41, 5.74) is 2.69. The number of hydrogen-bond acceptors (Lipinski definition) is 5. The Labute approximate surface area is 146 Å². The van der Waals surface area contributed by atoms with E-state index in [4.69, 9.17) is 5.21 Å². The number of nitrogens with one attached hydrogen (secondary N) is 2. The Kier molecular flexibility index (Phi) is 5.27. The number of hydrogen-bond donors (Lipinski definition) is 5. The van der Waals surface area contributed by atoms with Crippen LogP contribution in [0, 0.1) is 12.8 Å². The van der Waals surface area contributed by atoms with E-state index in [1.165, 1.54) is 17.7 Å². The molecule has 1 amide bonds. The van der Waals surface area contributed by atoms with Gasteiger partial charge in [0, 0.05) is 25.1 Å². The number of carbonyl (C=O) groups is 1. The molecule has 1 atom stereocenters. The van der Waals surface area contributed by atoms with Crippen LogP contribution in [-0.2, 0) is 16.8 Å². The summed E-state index contributed by atoms with van der Waals surface area (Å²) in [5, 5.41) is 32.5. The van der Waals surface area contributed by atoms with Crippen LogP contribution in [0.1, 0.15) is 25.0 Å². The predicted octanol–water partition coefficient (Wildman–Crippen LogP) is 2.35. The van der Waals surface area contributed by atoms with Crippen molar-refractivity contribution in [1.82, 2.24) is 9.88 Å². The first-order valence-corrected chi connectivity index (χ1v) is 8.09. The van der Waals surface area contributed by atoms with E-state index in [-0.39, 0.29) is 30.0 Å². The maximum absolute atomic E-state index is 12.9. The molecule has 1 heterocycles. The van der Waals surface area contributed by atoms with Gasteiger partial charge in [-0.1, -0.05) is 26.0 Å². The van der Waals surface area contributed by atoms with Gasteiger partial charge in [-0.3, -0.25) is 20.0 Å². The molecule has 0 saturated carbocycles. The molecule has 1 aromatic carbocycles. The minimum atomic E-state index is -1.22. The van der Waals surface area contributed by atoms with Crippen molar-refractivity contribution >= 4 is 11.6 Å². The average molecular weight is 347 g/mol. The standard InChI is InChI=1S/C18H25N3O4/c1-11(2)18(17(24)19-4,21-15(22)9-12(3)16(21)23)10-13-5-7-14(20-25)8-6-13/h5-9,11,20,22-23,25H,10H2,1-4H3,(H,19,24)/t18-/m1/s1. The fourth-order valence-corrected chi connectivity index (χ4v) is 3.21. The molecule has 0 bridgehead atoms. The molecule has 0 spiro atoms. The number of carbonyl (C=O) groups excluding carboxylic acids is 1. The predicted molar refractivity (Wildman–Crippen MR) is 94.9 cm³/mol. The van der Waals surface area contributed by atoms with Crippen molar-refractivity contribution in [3.05, 3.63) is 41.5 Å². The minimum absolute atomic E-state index is 0.136. The Hall–Kier alpha value is -2.67. The van der Waals surface area contributed by atoms with E-state index in [0.29, 0.717) is 11.3 Å². The number of aromatic nitrogens is 1. The van der Waals surface area contributed by atoms with Gasteiger partial charge in [-0.2, -0.15) is 0 Å². The van der Waals surface area contributed by atoms with Crippen LogP contribution in [0.4, 0.5) is 5.69 Å². The van der Waals surface area contributed by atoms with Crippen LogP contribution in [0.15, 0.2) is 30.3 Å². The molecule has 0 saturated heterocycles. The molecule has 0 aliphatic carbocycles. The van der Waals surface area contributed by atoms with E-state index in [9.17, 15) is 15.0 Å². The maximum Gasteiger partial charge on any atom is 0.246 e. The molecule has 7 nitrogen and oxygen atoms in total. The van der Waals surface area contributed by atoms with Gasteiger partial charge >= 0.3 is 0 Å². The fourth-order valence-electron chi connectivity index (χ4n) is 3.21. The van der Waals surface area contributed by atoms with Crippen LogP contribution >= 0.6 is 0 Å². The Morgan fingerprint density at radius 3 is 2.24 bits per heavy atom. The van der Waals surface area contributed by atoms with Crippen molar-refractivity contribution in [2.45, 2.75) is 32.7 Å². The second kappa shape index (κ2) is 7.06. The van der Waals surface area contributed by atoms with E-state index in [1.807, 2.05) is 13.8 Å². The molecule has 0 radical (unpaired) electrons. The van der Waals surface area contributed by atoms with E-state index in [0.717, 1.165) is 5.56 Å². The van der Waals surface area contributed by atoms with Crippen LogP contribution in [0.3, 0.4) is 0 Å². The zero-order chi connectivity index (χ0) is 18.8. The molecule has 0 aliphatic rings. The van der Waals surface area contributed by atoms with Gasteiger partial charge in [0.25, 0.3) is 0 Å². The summed E-state index contributed by atoms with van der Waals surface area (Å²) in [6, 6.07) is 8.37. The van der Waals surface area contributed by atoms with Crippen molar-refractivity contribution in [1.29, 1.82) is 0 Å². The lowest BCUT2D eigenvalue weighted by atomic mass is 9.79. The molecule has 0 fully saturated rings. The zero-order valence-corrected chi connectivity index (χ0v) is 14.9. The van der Waals surface area contributed by atoms with Gasteiger partial charge in [-0.15, -0.1) is 0 Å². The summed E-state index contributed by atoms with van der Waals surface area (Å²) < 4.78 is 1.30. The number of likely N-dealkylation sites (N-methyl/N-ethyl adjacent to an activating group) is 1. The molecule has 2 aromatic rings. The third-order valence-corrected chi connectivity index (χ3v) is 4.67. The lowest BCUT2D eigenvalue weighted by Crippen LogP contribution is -2.52. The summed E-state index contributed by atoms with van der Waals surface area (Å²) in [4.78, 5) is 12.9. The number of nitrogens with zero attached hydrogens (tertiary/aromatic N) is 1. The Morgan fingerprint density at radius 1 is 1.24 bits per heavy atom. The maximum atomic E-state index is 12.9. The summed E-state index contributed by atoms with van der Waals surface area (Å²) in [6.45, 7) is 5.41. The summed E-state index contributed by atoms with van der Waals surface area (Å²) >= 11 is 0. The van der Waals surface area contributed by atoms with Crippen LogP contribution in [0.2, 0.25) is 0 Å². The van der Waals surface area contributed by atoms with Crippen molar-refractivity contribution in [2.24, 2.45) is 5.92 Å². The first-order chi connectivity index (χ1) is 11.8. The quantitative estimate of drug-likeness (QED) is 0.516. The third-order valence-electron chi connectivity index (χ3n) is 4.67. The molecule has 25 heavy (non-hydrogen) atoms. The van der Waals surface area contributed by atoms with Gasteiger partial charge in [-0.05, 0) is 30.5 Å². The van der Waals surface area contributed by atoms with Gasteiger partial charge in [0.15, 0.2) is 11.8 Å². The third kappa shape index (κ3) is 3.15. The zero-order valence-electron chi connectivity index (χ0n) is 14.9. The minimum Gasteiger partial charge on any atom is -0.494 e. The smallest absolute Gasteiger partial charge is 0.246 e. The van der Waals surface area contributed by atoms with Crippen LogP contribution < -0.4 is 10.8 Å². The first kappa shape index (κ1) is 18.7. The summed E-state index contributed by atoms with van der Waals surface area (Å²) in [5.74, 6) is -0.843. The molecule has 0 unspecified atom stereocenters. The number of anilines is 1. The monoisotopic (exact) mass is 347 g/mol. The molecular formula is C18H25N3O4. The largest absolute Gasteiger partial charge is 0.494 e. The normalized spacial score (nSPS) is 13.5. The van der Waals surface area contributed by atoms with Gasteiger partial charge < -0.3 is 15.5 Å². The SMILES string of the molecule is CNC(=O)[C@@](Cc1ccc(NO)cc1)(C(C)C)n1c(O)cc(C)c1O. The van der Waals surface area contributed by atoms with Crippen molar-refractivity contribution in [2.75, 3.05) is 12.5 Å². The van der Waals surface area contributed by atoms with Crippen LogP contribution in [0.25, 0.3) is 0 Å². The lowest BCUT2D eigenvalue weighted by Gasteiger charge is -2.38. The van der Waals surface area contributed by atoms with E-state index < -0.39 is 5.54 Å². The van der Waals surface area contributed by atoms with E-state index >= 15 is 0 Å². The van der Waals surface area contributed by atoms with Gasteiger partial charge in [0.05, 0.1) is 5.69 Å². The van der Waals surface area contributed by atoms with E-state index in [2.05, 4.69) is 10.8 Å². The molecular weight excluding hydrogens is 322 g/mol. The number of aromatic hydroxyl groups is 2. The highest BCUT2D eigenvalue weighted by Crippen LogP contribution is 2.41. The highest BCUT2D eigenvalue weighted by molar-refractivity contribution is 5.85. The average Bonchev–Trinajstić information content (AvgIpc) is 2.85. The topological polar surface area (TPSA) is 107 Å². The number of rotatable bonds is 6. The van der Waals surface area contributed by atoms with Crippen LogP contribution in [0.5, 0.6) is 11.8 Å². The lowest BCUT2D eigenvalue weighted by molar-refractivity contribution is -0.132. The number of amides is 1. The molecule has 1 aromatic heterocycles. The first-order valence-electron chi connectivity index (χ1n) is 8.09. The number of benzene rings is 1. The fraction of sp³-hybridized carbons (Fsp3) is 0.389. The van der Waals surface area contributed by atoms with Crippen LogP contribution in [-0.4, -0.2) is 32.9 Å². The second-order valence-electron chi connectivity index (χ2n) is 6.49. The molecule has 5 N–H and O–H groups in total. The van der Waals surface area contributed by atoms with Gasteiger partial charge in [0.2, 0.25) is 5.91 Å². The highest BCUT2D eigenvalue weighted by Gasteiger charge is 2.46. The van der Waals surface area contributed by atoms with Crippen molar-refractivity contribution in [3.8, 4) is 11.8 Å². The molecule has 0 aliphatic heterocycles. The van der Waals surface area contributed by atoms with Gasteiger partial charge in [-0.25, -0.2) is 0 Å². The van der Waals surface area contributed by atoms with Crippen molar-refractivity contribution in [3.63, 3.8) is 0 Å². The Balaban J connectivity index is 2.64. The molecule has 136 valence electrons. The highest BCUT2D eigenvalue weighted by atomic mass is 16.5. The summed E-state index contributed by atoms with van der Waals surface area (Å²) in [6.07, 6.45) is 0.255. The van der Waals surface area contributed by atoms with E-state index in [1.54, 1.807) is 31.2 Å². The van der Waals surface area contributed by atoms with Gasteiger partial charge in [0.1, 0.15) is 5.54 Å². The molecule has 7 heteroatoms. The van der Waals surface area contributed by atoms with Crippen molar-refractivity contribution < 1.29 is 20.2 Å². The summed E-state index contributed by atoms with van der Waals surface area (Å²) in [7, 11) is 1.53. The second-order valence-corrected chi connectivity index (χ2v) is 6.49. The Morgan fingerprint density at radius 2 is 1.84 bits per heavy atom. The Bertz CT molecular complexity index is 752.